The van der Waals surface area contributed by atoms with E-state index in [4.69, 9.17) is 19.2 Å². The van der Waals surface area contributed by atoms with Crippen molar-refractivity contribution in [2.75, 3.05) is 27.4 Å². The first-order chi connectivity index (χ1) is 13.2. The van der Waals surface area contributed by atoms with Gasteiger partial charge in [-0.05, 0) is 30.4 Å². The highest BCUT2D eigenvalue weighted by Crippen LogP contribution is 2.47. The number of hydrogen-bond acceptors (Lipinski definition) is 5. The summed E-state index contributed by atoms with van der Waals surface area (Å²) in [4.78, 5) is 16.8. The average molecular weight is 386 g/mol. The first kappa shape index (κ1) is 20.4. The standard InChI is InChI=1S/C22H30N2O4/c1-21(2,3)22(4)14-15-12-18(28-11-7-10-26-5)20(27-6)23-19(15)17-13-16(25)8-9-24(17)22/h8-9,12-13H,7,10-11,14H2,1-6H3. The van der Waals surface area contributed by atoms with Gasteiger partial charge in [0.2, 0.25) is 0 Å². The second-order valence-corrected chi connectivity index (χ2v) is 8.52. The zero-order chi connectivity index (χ0) is 20.5. The molecular weight excluding hydrogens is 356 g/mol. The van der Waals surface area contributed by atoms with E-state index in [0.717, 1.165) is 29.8 Å². The van der Waals surface area contributed by atoms with Crippen LogP contribution < -0.4 is 14.9 Å². The Kier molecular flexibility index (Phi) is 5.53. The molecule has 1 aliphatic rings. The quantitative estimate of drug-likeness (QED) is 0.709. The van der Waals surface area contributed by atoms with Crippen LogP contribution in [0.15, 0.2) is 29.2 Å². The number of aromatic nitrogens is 2. The topological polar surface area (TPSA) is 62.6 Å². The smallest absolute Gasteiger partial charge is 0.257 e. The SMILES string of the molecule is COCCCOc1cc2c(nc1OC)-c1cc(=O)ccn1C(C)(C(C)(C)C)C2. The summed E-state index contributed by atoms with van der Waals surface area (Å²) in [6, 6.07) is 5.29. The van der Waals surface area contributed by atoms with Crippen molar-refractivity contribution in [3.8, 4) is 23.0 Å². The van der Waals surface area contributed by atoms with Crippen LogP contribution in [0.4, 0.5) is 0 Å². The second kappa shape index (κ2) is 7.59. The molecule has 0 saturated carbocycles. The molecule has 0 saturated heterocycles. The van der Waals surface area contributed by atoms with Crippen molar-refractivity contribution >= 4 is 0 Å². The Morgan fingerprint density at radius 1 is 1.21 bits per heavy atom. The molecule has 2 aromatic heterocycles. The van der Waals surface area contributed by atoms with Gasteiger partial charge in [0.1, 0.15) is 0 Å². The minimum atomic E-state index is -0.216. The third kappa shape index (κ3) is 3.53. The summed E-state index contributed by atoms with van der Waals surface area (Å²) in [5.74, 6) is 1.05. The van der Waals surface area contributed by atoms with Gasteiger partial charge in [0.25, 0.3) is 5.88 Å². The van der Waals surface area contributed by atoms with Gasteiger partial charge in [-0.15, -0.1) is 0 Å². The molecule has 0 N–H and O–H groups in total. The number of methoxy groups -OCH3 is 2. The molecule has 0 aliphatic carbocycles. The molecule has 1 atom stereocenters. The molecule has 1 aliphatic heterocycles. The van der Waals surface area contributed by atoms with E-state index >= 15 is 0 Å². The molecule has 1 unspecified atom stereocenters. The number of ether oxygens (including phenoxy) is 3. The van der Waals surface area contributed by atoms with Gasteiger partial charge in [0, 0.05) is 38.5 Å². The lowest BCUT2D eigenvalue weighted by Gasteiger charge is -2.48. The molecule has 0 radical (unpaired) electrons. The Hall–Kier alpha value is -2.34. The van der Waals surface area contributed by atoms with Crippen molar-refractivity contribution in [3.05, 3.63) is 40.2 Å². The van der Waals surface area contributed by atoms with Gasteiger partial charge in [0.05, 0.1) is 30.6 Å². The fraction of sp³-hybridized carbons (Fsp3) is 0.545. The second-order valence-electron chi connectivity index (χ2n) is 8.52. The van der Waals surface area contributed by atoms with Crippen LogP contribution in [0.2, 0.25) is 0 Å². The molecule has 152 valence electrons. The monoisotopic (exact) mass is 386 g/mol. The molecule has 0 amide bonds. The maximum Gasteiger partial charge on any atom is 0.257 e. The summed E-state index contributed by atoms with van der Waals surface area (Å²) in [6.45, 7) is 10.1. The molecule has 28 heavy (non-hydrogen) atoms. The lowest BCUT2D eigenvalue weighted by Crippen LogP contribution is -2.47. The number of hydrogen-bond donors (Lipinski definition) is 0. The Balaban J connectivity index is 2.12. The average Bonchev–Trinajstić information content (AvgIpc) is 2.63. The van der Waals surface area contributed by atoms with Crippen LogP contribution >= 0.6 is 0 Å². The van der Waals surface area contributed by atoms with Gasteiger partial charge in [-0.1, -0.05) is 20.8 Å². The van der Waals surface area contributed by atoms with Crippen LogP contribution in [0, 0.1) is 5.41 Å². The third-order valence-electron chi connectivity index (χ3n) is 5.83. The van der Waals surface area contributed by atoms with E-state index in [9.17, 15) is 4.79 Å². The van der Waals surface area contributed by atoms with Gasteiger partial charge in [0.15, 0.2) is 11.2 Å². The Morgan fingerprint density at radius 3 is 2.61 bits per heavy atom. The molecule has 0 fully saturated rings. The van der Waals surface area contributed by atoms with E-state index in [-0.39, 0.29) is 16.4 Å². The van der Waals surface area contributed by atoms with Crippen LogP contribution in [-0.4, -0.2) is 37.0 Å². The first-order valence-corrected chi connectivity index (χ1v) is 9.64. The number of fused-ring (bicyclic) bond motifs is 3. The summed E-state index contributed by atoms with van der Waals surface area (Å²) in [5.41, 5.74) is 2.37. The lowest BCUT2D eigenvalue weighted by atomic mass is 9.69. The van der Waals surface area contributed by atoms with Crippen molar-refractivity contribution < 1.29 is 14.2 Å². The summed E-state index contributed by atoms with van der Waals surface area (Å²) < 4.78 is 18.7. The maximum atomic E-state index is 12.1. The van der Waals surface area contributed by atoms with E-state index in [2.05, 4.69) is 32.3 Å². The summed E-state index contributed by atoms with van der Waals surface area (Å²) in [5, 5.41) is 0. The van der Waals surface area contributed by atoms with Gasteiger partial charge >= 0.3 is 0 Å². The van der Waals surface area contributed by atoms with Crippen molar-refractivity contribution in [1.29, 1.82) is 0 Å². The normalized spacial score (nSPS) is 18.4. The van der Waals surface area contributed by atoms with E-state index in [1.54, 1.807) is 26.4 Å². The number of pyridine rings is 2. The summed E-state index contributed by atoms with van der Waals surface area (Å²) >= 11 is 0. The molecule has 0 spiro atoms. The Labute approximate surface area is 166 Å². The highest BCUT2D eigenvalue weighted by molar-refractivity contribution is 5.65. The van der Waals surface area contributed by atoms with Gasteiger partial charge in [-0.3, -0.25) is 4.79 Å². The predicted octanol–water partition coefficient (Wildman–Crippen LogP) is 3.65. The van der Waals surface area contributed by atoms with Crippen LogP contribution in [0.1, 0.15) is 39.7 Å². The van der Waals surface area contributed by atoms with E-state index in [1.165, 1.54) is 0 Å². The van der Waals surface area contributed by atoms with Crippen molar-refractivity contribution in [2.45, 2.75) is 46.1 Å². The molecule has 6 heteroatoms. The minimum absolute atomic E-state index is 0.0315. The summed E-state index contributed by atoms with van der Waals surface area (Å²) in [6.07, 6.45) is 3.46. The maximum absolute atomic E-state index is 12.1. The largest absolute Gasteiger partial charge is 0.488 e. The summed E-state index contributed by atoms with van der Waals surface area (Å²) in [7, 11) is 3.25. The first-order valence-electron chi connectivity index (χ1n) is 9.64. The van der Waals surface area contributed by atoms with Crippen LogP contribution in [0.3, 0.4) is 0 Å². The van der Waals surface area contributed by atoms with Gasteiger partial charge < -0.3 is 18.8 Å². The van der Waals surface area contributed by atoms with Crippen LogP contribution in [0.5, 0.6) is 11.6 Å². The molecule has 6 nitrogen and oxygen atoms in total. The van der Waals surface area contributed by atoms with Gasteiger partial charge in [-0.25, -0.2) is 4.98 Å². The van der Waals surface area contributed by atoms with Crippen LogP contribution in [0.25, 0.3) is 11.4 Å². The fourth-order valence-electron chi connectivity index (χ4n) is 3.68. The van der Waals surface area contributed by atoms with Crippen molar-refractivity contribution in [2.24, 2.45) is 5.41 Å². The zero-order valence-corrected chi connectivity index (χ0v) is 17.7. The Morgan fingerprint density at radius 2 is 1.96 bits per heavy atom. The fourth-order valence-corrected chi connectivity index (χ4v) is 3.68. The minimum Gasteiger partial charge on any atom is -0.488 e. The lowest BCUT2D eigenvalue weighted by molar-refractivity contribution is 0.114. The molecule has 0 bridgehead atoms. The molecule has 3 rings (SSSR count). The number of nitrogens with zero attached hydrogens (tertiary/aromatic N) is 2. The van der Waals surface area contributed by atoms with Crippen LogP contribution in [-0.2, 0) is 16.7 Å². The third-order valence-corrected chi connectivity index (χ3v) is 5.83. The van der Waals surface area contributed by atoms with E-state index in [1.807, 2.05) is 12.3 Å². The molecule has 2 aromatic rings. The Bertz CT molecular complexity index is 914. The molecule has 3 heterocycles. The van der Waals surface area contributed by atoms with E-state index < -0.39 is 0 Å². The zero-order valence-electron chi connectivity index (χ0n) is 17.7. The van der Waals surface area contributed by atoms with Crippen molar-refractivity contribution in [1.82, 2.24) is 9.55 Å². The highest BCUT2D eigenvalue weighted by Gasteiger charge is 2.43. The van der Waals surface area contributed by atoms with Crippen molar-refractivity contribution in [3.63, 3.8) is 0 Å². The molecular formula is C22H30N2O4. The predicted molar refractivity (Wildman–Crippen MR) is 109 cm³/mol. The highest BCUT2D eigenvalue weighted by atomic mass is 16.5. The molecule has 0 aromatic carbocycles. The van der Waals surface area contributed by atoms with E-state index in [0.29, 0.717) is 24.8 Å². The number of rotatable bonds is 6. The van der Waals surface area contributed by atoms with Gasteiger partial charge in [-0.2, -0.15) is 0 Å².